The highest BCUT2D eigenvalue weighted by atomic mass is 19.1. The Morgan fingerprint density at radius 1 is 1.25 bits per heavy atom. The zero-order valence-corrected chi connectivity index (χ0v) is 13.0. The van der Waals surface area contributed by atoms with E-state index in [2.05, 4.69) is 20.8 Å². The van der Waals surface area contributed by atoms with Gasteiger partial charge in [0.15, 0.2) is 0 Å². The summed E-state index contributed by atoms with van der Waals surface area (Å²) in [7, 11) is 1.43. The van der Waals surface area contributed by atoms with Crippen molar-refractivity contribution in [3.8, 4) is 11.4 Å². The minimum absolute atomic E-state index is 0.125. The van der Waals surface area contributed by atoms with Gasteiger partial charge in [0, 0.05) is 5.69 Å². The number of tetrazole rings is 1. The first-order valence-electron chi connectivity index (χ1n) is 7.07. The highest BCUT2D eigenvalue weighted by Crippen LogP contribution is 2.22. The molecule has 3 rings (SSSR count). The van der Waals surface area contributed by atoms with Crippen molar-refractivity contribution in [3.63, 3.8) is 0 Å². The molecule has 0 saturated carbocycles. The van der Waals surface area contributed by atoms with Gasteiger partial charge >= 0.3 is 0 Å². The van der Waals surface area contributed by atoms with Gasteiger partial charge in [-0.25, -0.2) is 9.07 Å². The molecule has 0 spiro atoms. The van der Waals surface area contributed by atoms with Gasteiger partial charge in [-0.1, -0.05) is 0 Å². The third-order valence-corrected chi connectivity index (χ3v) is 3.46. The first kappa shape index (κ1) is 15.6. The first-order chi connectivity index (χ1) is 11.6. The average molecular weight is 327 g/mol. The molecule has 0 aliphatic carbocycles. The number of rotatable bonds is 4. The molecule has 0 fully saturated rings. The molecule has 8 heteroatoms. The van der Waals surface area contributed by atoms with Crippen LogP contribution in [0.4, 0.5) is 10.1 Å². The maximum atomic E-state index is 13.4. The summed E-state index contributed by atoms with van der Waals surface area (Å²) < 4.78 is 20.0. The lowest BCUT2D eigenvalue weighted by atomic mass is 10.1. The normalized spacial score (nSPS) is 10.5. The SMILES string of the molecule is COc1ccc(F)cc1C(=O)Nc1ccc(-n2cnnn2)c(C)c1. The summed E-state index contributed by atoms with van der Waals surface area (Å²) in [6, 6.07) is 9.06. The number of aromatic nitrogens is 4. The maximum Gasteiger partial charge on any atom is 0.259 e. The highest BCUT2D eigenvalue weighted by molar-refractivity contribution is 6.06. The molecule has 1 aromatic heterocycles. The fourth-order valence-electron chi connectivity index (χ4n) is 2.32. The number of benzene rings is 2. The van der Waals surface area contributed by atoms with Gasteiger partial charge in [0.2, 0.25) is 0 Å². The maximum absolute atomic E-state index is 13.4. The predicted molar refractivity (Wildman–Crippen MR) is 84.8 cm³/mol. The number of amides is 1. The van der Waals surface area contributed by atoms with E-state index in [1.165, 1.54) is 30.3 Å². The van der Waals surface area contributed by atoms with Crippen molar-refractivity contribution in [2.45, 2.75) is 6.92 Å². The van der Waals surface area contributed by atoms with E-state index in [1.54, 1.807) is 18.2 Å². The number of nitrogens with zero attached hydrogens (tertiary/aromatic N) is 4. The minimum Gasteiger partial charge on any atom is -0.496 e. The van der Waals surface area contributed by atoms with Gasteiger partial charge in [0.05, 0.1) is 18.4 Å². The van der Waals surface area contributed by atoms with Crippen LogP contribution in [0.15, 0.2) is 42.7 Å². The molecule has 3 aromatic rings. The molecular formula is C16H14FN5O2. The molecule has 0 bridgehead atoms. The molecule has 1 amide bonds. The van der Waals surface area contributed by atoms with Crippen molar-refractivity contribution in [2.24, 2.45) is 0 Å². The van der Waals surface area contributed by atoms with Crippen molar-refractivity contribution in [3.05, 3.63) is 59.7 Å². The summed E-state index contributed by atoms with van der Waals surface area (Å²) in [5.74, 6) is -0.664. The number of hydrogen-bond acceptors (Lipinski definition) is 5. The van der Waals surface area contributed by atoms with Gasteiger partial charge in [-0.2, -0.15) is 0 Å². The average Bonchev–Trinajstić information content (AvgIpc) is 3.09. The van der Waals surface area contributed by atoms with Crippen LogP contribution in [0.2, 0.25) is 0 Å². The van der Waals surface area contributed by atoms with Gasteiger partial charge in [-0.3, -0.25) is 4.79 Å². The van der Waals surface area contributed by atoms with E-state index in [1.807, 2.05) is 6.92 Å². The van der Waals surface area contributed by atoms with Gasteiger partial charge in [0.25, 0.3) is 5.91 Å². The zero-order chi connectivity index (χ0) is 17.1. The summed E-state index contributed by atoms with van der Waals surface area (Å²) in [5, 5.41) is 13.7. The van der Waals surface area contributed by atoms with Crippen LogP contribution >= 0.6 is 0 Å². The summed E-state index contributed by atoms with van der Waals surface area (Å²) >= 11 is 0. The second-order valence-corrected chi connectivity index (χ2v) is 5.05. The molecule has 0 aliphatic heterocycles. The molecule has 122 valence electrons. The first-order valence-corrected chi connectivity index (χ1v) is 7.07. The fraction of sp³-hybridized carbons (Fsp3) is 0.125. The largest absolute Gasteiger partial charge is 0.496 e. The van der Waals surface area contributed by atoms with Crippen LogP contribution in [-0.4, -0.2) is 33.2 Å². The van der Waals surface area contributed by atoms with Gasteiger partial charge in [0.1, 0.15) is 17.9 Å². The molecule has 7 nitrogen and oxygen atoms in total. The Balaban J connectivity index is 1.85. The molecule has 0 unspecified atom stereocenters. The quantitative estimate of drug-likeness (QED) is 0.795. The lowest BCUT2D eigenvalue weighted by Gasteiger charge is -2.11. The third-order valence-electron chi connectivity index (χ3n) is 3.46. The number of carbonyl (C=O) groups excluding carboxylic acids is 1. The van der Waals surface area contributed by atoms with Crippen LogP contribution in [0.1, 0.15) is 15.9 Å². The van der Waals surface area contributed by atoms with Crippen LogP contribution in [-0.2, 0) is 0 Å². The zero-order valence-electron chi connectivity index (χ0n) is 13.0. The standard InChI is InChI=1S/C16H14FN5O2/c1-10-7-12(4-5-14(10)22-9-18-20-21-22)19-16(23)13-8-11(17)3-6-15(13)24-2/h3-9H,1-2H3,(H,19,23). The van der Waals surface area contributed by atoms with Crippen LogP contribution in [0, 0.1) is 12.7 Å². The second kappa shape index (κ2) is 6.45. The number of halogens is 1. The van der Waals surface area contributed by atoms with Crippen molar-refractivity contribution in [1.82, 2.24) is 20.2 Å². The Bertz CT molecular complexity index is 880. The summed E-state index contributed by atoms with van der Waals surface area (Å²) in [6.45, 7) is 1.87. The van der Waals surface area contributed by atoms with E-state index in [4.69, 9.17) is 4.74 Å². The van der Waals surface area contributed by atoms with Crippen molar-refractivity contribution in [1.29, 1.82) is 0 Å². The smallest absolute Gasteiger partial charge is 0.259 e. The number of methoxy groups -OCH3 is 1. The van der Waals surface area contributed by atoms with Crippen LogP contribution in [0.3, 0.4) is 0 Å². The van der Waals surface area contributed by atoms with Crippen LogP contribution in [0.5, 0.6) is 5.75 Å². The highest BCUT2D eigenvalue weighted by Gasteiger charge is 2.14. The van der Waals surface area contributed by atoms with Crippen molar-refractivity contribution < 1.29 is 13.9 Å². The van der Waals surface area contributed by atoms with Crippen molar-refractivity contribution in [2.75, 3.05) is 12.4 Å². The third kappa shape index (κ3) is 3.07. The van der Waals surface area contributed by atoms with E-state index in [-0.39, 0.29) is 5.56 Å². The van der Waals surface area contributed by atoms with E-state index in [0.717, 1.165) is 17.3 Å². The van der Waals surface area contributed by atoms with Crippen molar-refractivity contribution >= 4 is 11.6 Å². The number of hydrogen-bond donors (Lipinski definition) is 1. The Hall–Kier alpha value is -3.29. The molecule has 1 heterocycles. The summed E-state index contributed by atoms with van der Waals surface area (Å²) in [4.78, 5) is 12.4. The number of ether oxygens (including phenoxy) is 1. The number of nitrogens with one attached hydrogen (secondary N) is 1. The van der Waals surface area contributed by atoms with E-state index >= 15 is 0 Å². The molecule has 1 N–H and O–H groups in total. The number of aryl methyl sites for hydroxylation is 1. The molecule has 0 atom stereocenters. The Kier molecular flexibility index (Phi) is 4.19. The van der Waals surface area contributed by atoms with Crippen LogP contribution < -0.4 is 10.1 Å². The Morgan fingerprint density at radius 3 is 2.75 bits per heavy atom. The molecule has 2 aromatic carbocycles. The number of carbonyl (C=O) groups is 1. The topological polar surface area (TPSA) is 81.9 Å². The number of anilines is 1. The van der Waals surface area contributed by atoms with E-state index < -0.39 is 11.7 Å². The molecular weight excluding hydrogens is 313 g/mol. The lowest BCUT2D eigenvalue weighted by Crippen LogP contribution is -2.14. The Morgan fingerprint density at radius 2 is 2.08 bits per heavy atom. The van der Waals surface area contributed by atoms with E-state index in [9.17, 15) is 9.18 Å². The van der Waals surface area contributed by atoms with Crippen LogP contribution in [0.25, 0.3) is 5.69 Å². The Labute approximate surface area is 137 Å². The second-order valence-electron chi connectivity index (χ2n) is 5.05. The summed E-state index contributed by atoms with van der Waals surface area (Å²) in [5.41, 5.74) is 2.35. The monoisotopic (exact) mass is 327 g/mol. The van der Waals surface area contributed by atoms with Gasteiger partial charge in [-0.15, -0.1) is 5.10 Å². The lowest BCUT2D eigenvalue weighted by molar-refractivity contribution is 0.102. The molecule has 0 aliphatic rings. The van der Waals surface area contributed by atoms with E-state index in [0.29, 0.717) is 11.4 Å². The van der Waals surface area contributed by atoms with Gasteiger partial charge < -0.3 is 10.1 Å². The fourth-order valence-corrected chi connectivity index (χ4v) is 2.32. The predicted octanol–water partition coefficient (Wildman–Crippen LogP) is 2.37. The molecule has 0 radical (unpaired) electrons. The van der Waals surface area contributed by atoms with Gasteiger partial charge in [-0.05, 0) is 59.3 Å². The minimum atomic E-state index is -0.508. The molecule has 24 heavy (non-hydrogen) atoms. The molecule has 0 saturated heterocycles. The summed E-state index contributed by atoms with van der Waals surface area (Å²) in [6.07, 6.45) is 1.48.